The van der Waals surface area contributed by atoms with E-state index >= 15 is 0 Å². The lowest BCUT2D eigenvalue weighted by Crippen LogP contribution is -2.27. The van der Waals surface area contributed by atoms with E-state index in [9.17, 15) is 5.11 Å². The molecule has 1 saturated heterocycles. The lowest BCUT2D eigenvalue weighted by atomic mass is 10.0. The molecule has 0 saturated carbocycles. The van der Waals surface area contributed by atoms with E-state index in [0.29, 0.717) is 5.92 Å². The van der Waals surface area contributed by atoms with Gasteiger partial charge in [0.2, 0.25) is 0 Å². The molecule has 21 heavy (non-hydrogen) atoms. The van der Waals surface area contributed by atoms with Gasteiger partial charge in [0.05, 0.1) is 29.7 Å². The first kappa shape index (κ1) is 14.2. The van der Waals surface area contributed by atoms with Crippen molar-refractivity contribution in [2.24, 2.45) is 5.92 Å². The van der Waals surface area contributed by atoms with Gasteiger partial charge in [0.15, 0.2) is 0 Å². The first-order chi connectivity index (χ1) is 10.1. The number of aliphatic hydroxyl groups is 1. The van der Waals surface area contributed by atoms with Crippen LogP contribution in [0, 0.1) is 5.92 Å². The van der Waals surface area contributed by atoms with Crippen molar-refractivity contribution >= 4 is 0 Å². The molecule has 0 aliphatic carbocycles. The van der Waals surface area contributed by atoms with Gasteiger partial charge >= 0.3 is 0 Å². The summed E-state index contributed by atoms with van der Waals surface area (Å²) >= 11 is 0. The van der Waals surface area contributed by atoms with Crippen molar-refractivity contribution < 1.29 is 5.11 Å². The molecule has 1 fully saturated rings. The van der Waals surface area contributed by atoms with Crippen LogP contribution in [-0.4, -0.2) is 44.2 Å². The highest BCUT2D eigenvalue weighted by Gasteiger charge is 2.30. The number of aromatic nitrogens is 3. The third-order valence-corrected chi connectivity index (χ3v) is 4.45. The SMILES string of the molecule is CC(O)C1CCN(C(C)c2cn(-c3ccccc3)nn2)C1. The van der Waals surface area contributed by atoms with Crippen LogP contribution < -0.4 is 0 Å². The Hall–Kier alpha value is -1.72. The van der Waals surface area contributed by atoms with E-state index in [1.54, 1.807) is 0 Å². The van der Waals surface area contributed by atoms with Crippen molar-refractivity contribution in [2.45, 2.75) is 32.4 Å². The van der Waals surface area contributed by atoms with E-state index < -0.39 is 0 Å². The molecular formula is C16H22N4O. The second-order valence-electron chi connectivity index (χ2n) is 5.88. The second-order valence-corrected chi connectivity index (χ2v) is 5.88. The summed E-state index contributed by atoms with van der Waals surface area (Å²) in [5.41, 5.74) is 2.00. The fourth-order valence-corrected chi connectivity index (χ4v) is 2.92. The van der Waals surface area contributed by atoms with Crippen molar-refractivity contribution in [3.63, 3.8) is 0 Å². The standard InChI is InChI=1S/C16H22N4O/c1-12(19-9-8-14(10-19)13(2)21)16-11-20(18-17-16)15-6-4-3-5-7-15/h3-7,11-14,21H,8-10H2,1-2H3. The molecule has 0 amide bonds. The number of aliphatic hydroxyl groups excluding tert-OH is 1. The lowest BCUT2D eigenvalue weighted by molar-refractivity contribution is 0.123. The number of benzene rings is 1. The van der Waals surface area contributed by atoms with Gasteiger partial charge in [-0.1, -0.05) is 23.4 Å². The summed E-state index contributed by atoms with van der Waals surface area (Å²) in [6.07, 6.45) is 2.81. The topological polar surface area (TPSA) is 54.2 Å². The summed E-state index contributed by atoms with van der Waals surface area (Å²) < 4.78 is 1.81. The molecule has 112 valence electrons. The maximum atomic E-state index is 9.72. The third-order valence-electron chi connectivity index (χ3n) is 4.45. The molecule has 1 aliphatic heterocycles. The maximum Gasteiger partial charge on any atom is 0.1000 e. The fraction of sp³-hybridized carbons (Fsp3) is 0.500. The number of para-hydroxylation sites is 1. The van der Waals surface area contributed by atoms with E-state index in [-0.39, 0.29) is 12.1 Å². The van der Waals surface area contributed by atoms with E-state index in [1.807, 2.05) is 48.1 Å². The van der Waals surface area contributed by atoms with E-state index in [1.165, 1.54) is 0 Å². The minimum absolute atomic E-state index is 0.228. The quantitative estimate of drug-likeness (QED) is 0.934. The molecule has 5 nitrogen and oxygen atoms in total. The fourth-order valence-electron chi connectivity index (χ4n) is 2.92. The highest BCUT2D eigenvalue weighted by Crippen LogP contribution is 2.28. The second kappa shape index (κ2) is 5.95. The van der Waals surface area contributed by atoms with Gasteiger partial charge in [0.1, 0.15) is 0 Å². The monoisotopic (exact) mass is 286 g/mol. The van der Waals surface area contributed by atoms with Crippen molar-refractivity contribution in [2.75, 3.05) is 13.1 Å². The van der Waals surface area contributed by atoms with Crippen molar-refractivity contribution in [1.29, 1.82) is 0 Å². The van der Waals surface area contributed by atoms with Crippen LogP contribution >= 0.6 is 0 Å². The minimum atomic E-state index is -0.234. The van der Waals surface area contributed by atoms with Crippen molar-refractivity contribution in [3.05, 3.63) is 42.2 Å². The molecule has 2 aromatic rings. The van der Waals surface area contributed by atoms with Gasteiger partial charge in [-0.25, -0.2) is 4.68 Å². The zero-order chi connectivity index (χ0) is 14.8. The van der Waals surface area contributed by atoms with Crippen LogP contribution in [0.15, 0.2) is 36.5 Å². The molecule has 1 aliphatic rings. The number of likely N-dealkylation sites (tertiary alicyclic amines) is 1. The molecular weight excluding hydrogens is 264 g/mol. The Morgan fingerprint density at radius 1 is 1.24 bits per heavy atom. The Labute approximate surface area is 125 Å². The summed E-state index contributed by atoms with van der Waals surface area (Å²) in [7, 11) is 0. The van der Waals surface area contributed by atoms with Crippen LogP contribution in [0.3, 0.4) is 0 Å². The average molecular weight is 286 g/mol. The molecule has 1 aromatic heterocycles. The van der Waals surface area contributed by atoms with Gasteiger partial charge in [0.25, 0.3) is 0 Å². The van der Waals surface area contributed by atoms with Gasteiger partial charge in [-0.15, -0.1) is 5.10 Å². The van der Waals surface area contributed by atoms with Gasteiger partial charge in [0, 0.05) is 6.54 Å². The van der Waals surface area contributed by atoms with Gasteiger partial charge in [-0.05, 0) is 44.9 Å². The molecule has 2 heterocycles. The Balaban J connectivity index is 1.72. The van der Waals surface area contributed by atoms with E-state index in [0.717, 1.165) is 30.9 Å². The summed E-state index contributed by atoms with van der Waals surface area (Å²) in [6.45, 7) is 5.97. The predicted molar refractivity (Wildman–Crippen MR) is 81.1 cm³/mol. The minimum Gasteiger partial charge on any atom is -0.393 e. The van der Waals surface area contributed by atoms with Gasteiger partial charge < -0.3 is 5.11 Å². The number of hydrogen-bond acceptors (Lipinski definition) is 4. The highest BCUT2D eigenvalue weighted by atomic mass is 16.3. The number of rotatable bonds is 4. The molecule has 3 atom stereocenters. The average Bonchev–Trinajstić information content (AvgIpc) is 3.17. The molecule has 0 radical (unpaired) electrons. The summed E-state index contributed by atoms with van der Waals surface area (Å²) in [6, 6.07) is 10.2. The zero-order valence-electron chi connectivity index (χ0n) is 12.6. The first-order valence-electron chi connectivity index (χ1n) is 7.55. The third kappa shape index (κ3) is 2.99. The molecule has 1 N–H and O–H groups in total. The Bertz CT molecular complexity index is 581. The Kier molecular flexibility index (Phi) is 4.03. The van der Waals surface area contributed by atoms with E-state index in [2.05, 4.69) is 22.1 Å². The Morgan fingerprint density at radius 3 is 2.67 bits per heavy atom. The first-order valence-corrected chi connectivity index (χ1v) is 7.55. The molecule has 0 spiro atoms. The summed E-state index contributed by atoms with van der Waals surface area (Å²) in [5.74, 6) is 0.372. The number of nitrogens with zero attached hydrogens (tertiary/aromatic N) is 4. The highest BCUT2D eigenvalue weighted by molar-refractivity contribution is 5.30. The van der Waals surface area contributed by atoms with Crippen LogP contribution in [0.5, 0.6) is 0 Å². The van der Waals surface area contributed by atoms with Crippen molar-refractivity contribution in [3.8, 4) is 5.69 Å². The largest absolute Gasteiger partial charge is 0.393 e. The molecule has 3 rings (SSSR count). The summed E-state index contributed by atoms with van der Waals surface area (Å²) in [4.78, 5) is 2.37. The number of hydrogen-bond donors (Lipinski definition) is 1. The zero-order valence-corrected chi connectivity index (χ0v) is 12.6. The van der Waals surface area contributed by atoms with Gasteiger partial charge in [-0.2, -0.15) is 0 Å². The van der Waals surface area contributed by atoms with Crippen LogP contribution in [0.25, 0.3) is 5.69 Å². The molecule has 0 bridgehead atoms. The normalized spacial score (nSPS) is 22.3. The van der Waals surface area contributed by atoms with Crippen molar-refractivity contribution in [1.82, 2.24) is 19.9 Å². The van der Waals surface area contributed by atoms with Crippen LogP contribution in [0.1, 0.15) is 32.0 Å². The molecule has 5 heteroatoms. The van der Waals surface area contributed by atoms with Crippen LogP contribution in [-0.2, 0) is 0 Å². The van der Waals surface area contributed by atoms with E-state index in [4.69, 9.17) is 0 Å². The van der Waals surface area contributed by atoms with Gasteiger partial charge in [-0.3, -0.25) is 4.90 Å². The maximum absolute atomic E-state index is 9.72. The summed E-state index contributed by atoms with van der Waals surface area (Å²) in [5, 5.41) is 18.3. The Morgan fingerprint density at radius 2 is 2.00 bits per heavy atom. The lowest BCUT2D eigenvalue weighted by Gasteiger charge is -2.22. The van der Waals surface area contributed by atoms with Crippen LogP contribution in [0.2, 0.25) is 0 Å². The molecule has 3 unspecified atom stereocenters. The molecule has 1 aromatic carbocycles. The predicted octanol–water partition coefficient (Wildman–Crippen LogP) is 2.03. The van der Waals surface area contributed by atoms with Crippen LogP contribution in [0.4, 0.5) is 0 Å². The smallest absolute Gasteiger partial charge is 0.1000 e.